The van der Waals surface area contributed by atoms with Gasteiger partial charge in [-0.15, -0.1) is 0 Å². The van der Waals surface area contributed by atoms with Crippen LogP contribution in [-0.2, 0) is 38.1 Å². The number of carbonyl (C=O) groups is 3. The summed E-state index contributed by atoms with van der Waals surface area (Å²) in [5.41, 5.74) is 0. The van der Waals surface area contributed by atoms with Crippen molar-refractivity contribution in [1.82, 2.24) is 0 Å². The molecule has 1 fully saturated rings. The Balaban J connectivity index is 3.02. The maximum atomic E-state index is 11.2. The van der Waals surface area contributed by atoms with E-state index >= 15 is 0 Å². The van der Waals surface area contributed by atoms with Crippen molar-refractivity contribution < 1.29 is 38.1 Å². The molecule has 1 saturated heterocycles. The smallest absolute Gasteiger partial charge is 0.305 e. The van der Waals surface area contributed by atoms with Crippen LogP contribution in [-0.4, -0.2) is 55.7 Å². The van der Waals surface area contributed by atoms with Crippen LogP contribution in [0.15, 0.2) is 0 Å². The number of ether oxygens (including phenoxy) is 5. The molecule has 0 unspecified atom stereocenters. The summed E-state index contributed by atoms with van der Waals surface area (Å²) in [4.78, 5) is 33.5. The molecule has 0 radical (unpaired) electrons. The van der Waals surface area contributed by atoms with E-state index in [1.807, 2.05) is 0 Å². The Hall–Kier alpha value is -1.67. The highest BCUT2D eigenvalue weighted by molar-refractivity contribution is 5.67. The first-order valence-electron chi connectivity index (χ1n) is 6.46. The Kier molecular flexibility index (Phi) is 6.10. The zero-order valence-corrected chi connectivity index (χ0v) is 12.7. The quantitative estimate of drug-likeness (QED) is 0.535. The average Bonchev–Trinajstić information content (AvgIpc) is 2.33. The van der Waals surface area contributed by atoms with Crippen LogP contribution in [0.5, 0.6) is 0 Å². The molecule has 0 bridgehead atoms. The monoisotopic (exact) mass is 304 g/mol. The molecule has 0 amide bonds. The van der Waals surface area contributed by atoms with Crippen LogP contribution in [0.1, 0.15) is 27.7 Å². The first-order chi connectivity index (χ1) is 9.76. The summed E-state index contributed by atoms with van der Waals surface area (Å²) in [5.74, 6) is -1.71. The van der Waals surface area contributed by atoms with Gasteiger partial charge in [0.2, 0.25) is 6.29 Å². The third-order valence-corrected chi connectivity index (χ3v) is 2.89. The number of hydrogen-bond acceptors (Lipinski definition) is 8. The van der Waals surface area contributed by atoms with Crippen molar-refractivity contribution in [2.45, 2.75) is 58.4 Å². The molecule has 0 N–H and O–H groups in total. The van der Waals surface area contributed by atoms with Crippen LogP contribution >= 0.6 is 0 Å². The lowest BCUT2D eigenvalue weighted by atomic mass is 9.99. The molecule has 0 aromatic heterocycles. The SMILES string of the molecule is CO[C@H]1[C@@H](OC(C)=O)[C@@H](OC(C)=O)O[C@@H](C)[C@H]1OC(C)=O. The van der Waals surface area contributed by atoms with E-state index in [1.165, 1.54) is 27.9 Å². The molecule has 0 aromatic rings. The van der Waals surface area contributed by atoms with Gasteiger partial charge >= 0.3 is 17.9 Å². The van der Waals surface area contributed by atoms with Crippen molar-refractivity contribution >= 4 is 17.9 Å². The van der Waals surface area contributed by atoms with E-state index in [0.29, 0.717) is 0 Å². The molecule has 5 atom stereocenters. The minimum Gasteiger partial charge on any atom is -0.457 e. The third-order valence-electron chi connectivity index (χ3n) is 2.89. The lowest BCUT2D eigenvalue weighted by Gasteiger charge is -2.42. The maximum absolute atomic E-state index is 11.2. The second-order valence-electron chi connectivity index (χ2n) is 4.67. The van der Waals surface area contributed by atoms with E-state index in [9.17, 15) is 14.4 Å². The number of methoxy groups -OCH3 is 1. The molecule has 8 nitrogen and oxygen atoms in total. The van der Waals surface area contributed by atoms with Gasteiger partial charge in [-0.1, -0.05) is 0 Å². The Bertz CT molecular complexity index is 407. The summed E-state index contributed by atoms with van der Waals surface area (Å²) in [6, 6.07) is 0. The Morgan fingerprint density at radius 3 is 1.71 bits per heavy atom. The summed E-state index contributed by atoms with van der Waals surface area (Å²) in [6.45, 7) is 5.30. The molecule has 0 aromatic carbocycles. The lowest BCUT2D eigenvalue weighted by molar-refractivity contribution is -0.293. The van der Waals surface area contributed by atoms with Gasteiger partial charge in [0.15, 0.2) is 12.2 Å². The summed E-state index contributed by atoms with van der Waals surface area (Å²) in [5, 5.41) is 0. The van der Waals surface area contributed by atoms with Crippen molar-refractivity contribution in [3.05, 3.63) is 0 Å². The van der Waals surface area contributed by atoms with E-state index < -0.39 is 48.6 Å². The second kappa shape index (κ2) is 7.37. The van der Waals surface area contributed by atoms with Crippen molar-refractivity contribution in [3.63, 3.8) is 0 Å². The normalized spacial score (nSPS) is 32.1. The van der Waals surface area contributed by atoms with Gasteiger partial charge in [-0.3, -0.25) is 14.4 Å². The molecule has 8 heteroatoms. The Morgan fingerprint density at radius 1 is 0.810 bits per heavy atom. The van der Waals surface area contributed by atoms with Crippen molar-refractivity contribution in [3.8, 4) is 0 Å². The second-order valence-corrected chi connectivity index (χ2v) is 4.67. The Labute approximate surface area is 122 Å². The predicted molar refractivity (Wildman–Crippen MR) is 68.0 cm³/mol. The molecule has 1 aliphatic rings. The molecule has 0 spiro atoms. The highest BCUT2D eigenvalue weighted by Crippen LogP contribution is 2.28. The largest absolute Gasteiger partial charge is 0.457 e. The fourth-order valence-electron chi connectivity index (χ4n) is 2.17. The first kappa shape index (κ1) is 17.4. The fraction of sp³-hybridized carbons (Fsp3) is 0.769. The summed E-state index contributed by atoms with van der Waals surface area (Å²) in [6.07, 6.45) is -4.36. The van der Waals surface area contributed by atoms with Crippen molar-refractivity contribution in [2.24, 2.45) is 0 Å². The van der Waals surface area contributed by atoms with Crippen LogP contribution in [0.25, 0.3) is 0 Å². The highest BCUT2D eigenvalue weighted by atomic mass is 16.7. The molecular weight excluding hydrogens is 284 g/mol. The van der Waals surface area contributed by atoms with Gasteiger partial charge < -0.3 is 23.7 Å². The number of rotatable bonds is 4. The van der Waals surface area contributed by atoms with Gasteiger partial charge in [0.25, 0.3) is 0 Å². The molecule has 120 valence electrons. The zero-order chi connectivity index (χ0) is 16.2. The molecular formula is C13H20O8. The molecule has 1 rings (SSSR count). The topological polar surface area (TPSA) is 97.4 Å². The molecule has 21 heavy (non-hydrogen) atoms. The lowest BCUT2D eigenvalue weighted by Crippen LogP contribution is -2.60. The molecule has 1 aliphatic heterocycles. The molecule has 0 saturated carbocycles. The van der Waals surface area contributed by atoms with Gasteiger partial charge in [0.1, 0.15) is 6.10 Å². The van der Waals surface area contributed by atoms with E-state index in [0.717, 1.165) is 0 Å². The van der Waals surface area contributed by atoms with Crippen LogP contribution in [0.4, 0.5) is 0 Å². The van der Waals surface area contributed by atoms with Crippen LogP contribution < -0.4 is 0 Å². The number of esters is 3. The molecule has 1 heterocycles. The summed E-state index contributed by atoms with van der Waals surface area (Å²) < 4.78 is 26.0. The third kappa shape index (κ3) is 4.68. The van der Waals surface area contributed by atoms with Crippen LogP contribution in [0.2, 0.25) is 0 Å². The van der Waals surface area contributed by atoms with E-state index in [1.54, 1.807) is 6.92 Å². The average molecular weight is 304 g/mol. The number of hydrogen-bond donors (Lipinski definition) is 0. The number of carbonyl (C=O) groups excluding carboxylic acids is 3. The van der Waals surface area contributed by atoms with Gasteiger partial charge in [-0.25, -0.2) is 0 Å². The highest BCUT2D eigenvalue weighted by Gasteiger charge is 2.50. The van der Waals surface area contributed by atoms with E-state index in [2.05, 4.69) is 0 Å². The summed E-state index contributed by atoms with van der Waals surface area (Å²) >= 11 is 0. The van der Waals surface area contributed by atoms with Gasteiger partial charge in [-0.05, 0) is 6.92 Å². The maximum Gasteiger partial charge on any atom is 0.305 e. The van der Waals surface area contributed by atoms with Crippen LogP contribution in [0, 0.1) is 0 Å². The molecule has 0 aliphatic carbocycles. The van der Waals surface area contributed by atoms with Gasteiger partial charge in [0.05, 0.1) is 6.10 Å². The minimum atomic E-state index is -1.13. The Morgan fingerprint density at radius 2 is 1.29 bits per heavy atom. The van der Waals surface area contributed by atoms with Gasteiger partial charge in [-0.2, -0.15) is 0 Å². The zero-order valence-electron chi connectivity index (χ0n) is 12.7. The van der Waals surface area contributed by atoms with Gasteiger partial charge in [0, 0.05) is 27.9 Å². The minimum absolute atomic E-state index is 0.523. The first-order valence-corrected chi connectivity index (χ1v) is 6.46. The standard InChI is InChI=1S/C13H20O8/c1-6-10(19-7(2)14)11(17-5)12(20-8(3)15)13(18-6)21-9(4)16/h6,10-13H,1-5H3/t6-,10+,11+,12+,13+/m0/s1. The fourth-order valence-corrected chi connectivity index (χ4v) is 2.17. The van der Waals surface area contributed by atoms with E-state index in [-0.39, 0.29) is 0 Å². The van der Waals surface area contributed by atoms with Crippen LogP contribution in [0.3, 0.4) is 0 Å². The predicted octanol–water partition coefficient (Wildman–Crippen LogP) is 0.173. The van der Waals surface area contributed by atoms with Crippen molar-refractivity contribution in [1.29, 1.82) is 0 Å². The van der Waals surface area contributed by atoms with E-state index in [4.69, 9.17) is 23.7 Å². The van der Waals surface area contributed by atoms with Crippen molar-refractivity contribution in [2.75, 3.05) is 7.11 Å². The summed E-state index contributed by atoms with van der Waals surface area (Å²) in [7, 11) is 1.38.